The normalized spacial score (nSPS) is 21.5. The number of carbonyl (C=O) groups is 1. The van der Waals surface area contributed by atoms with Crippen LogP contribution in [0.3, 0.4) is 0 Å². The van der Waals surface area contributed by atoms with E-state index in [0.717, 1.165) is 76.1 Å². The van der Waals surface area contributed by atoms with Gasteiger partial charge in [0.1, 0.15) is 5.82 Å². The Kier molecular flexibility index (Phi) is 9.98. The summed E-state index contributed by atoms with van der Waals surface area (Å²) in [5, 5.41) is 3.12. The first-order chi connectivity index (χ1) is 24.7. The highest BCUT2D eigenvalue weighted by molar-refractivity contribution is 7.91. The summed E-state index contributed by atoms with van der Waals surface area (Å²) < 4.78 is 48.6. The lowest BCUT2D eigenvalue weighted by atomic mass is 9.64. The lowest BCUT2D eigenvalue weighted by molar-refractivity contribution is 0.0469. The number of sulfone groups is 1. The van der Waals surface area contributed by atoms with Gasteiger partial charge in [-0.3, -0.25) is 4.98 Å². The van der Waals surface area contributed by atoms with Gasteiger partial charge in [0.2, 0.25) is 9.84 Å². The Bertz CT molecular complexity index is 1940. The summed E-state index contributed by atoms with van der Waals surface area (Å²) in [5.41, 5.74) is 1.85. The van der Waals surface area contributed by atoms with E-state index in [2.05, 4.69) is 36.2 Å². The fourth-order valence-electron chi connectivity index (χ4n) is 8.89. The number of likely N-dealkylation sites (tertiary alicyclic amines) is 1. The number of benzene rings is 2. The number of hydrogen-bond acceptors (Lipinski definition) is 8. The van der Waals surface area contributed by atoms with Gasteiger partial charge < -0.3 is 24.4 Å². The molecule has 1 unspecified atom stereocenters. The van der Waals surface area contributed by atoms with Crippen molar-refractivity contribution in [3.63, 3.8) is 0 Å². The van der Waals surface area contributed by atoms with Crippen molar-refractivity contribution in [1.29, 1.82) is 0 Å². The van der Waals surface area contributed by atoms with E-state index in [-0.39, 0.29) is 33.5 Å². The van der Waals surface area contributed by atoms with Crippen LogP contribution in [0.15, 0.2) is 102 Å². The predicted molar refractivity (Wildman–Crippen MR) is 193 cm³/mol. The summed E-state index contributed by atoms with van der Waals surface area (Å²) in [6.07, 6.45) is 12.8. The standard InChI is InChI=1S/C39H45FN6O4S/c1-3-32-23-35(14-17-42-32)51(48,49)34-12-10-33(11-13-34)45-25-28(26-45)24-44-19-15-29(16-20-44)39(46-21-18-41-27-46,30-6-4-7-31(40)22-30)36-8-5-9-37(36)43-38(47)50-2/h3-4,6-7,10-14,17-18,21-23,27-29,36-37H,1,5,8-9,15-16,19-20,24-26H2,2H3,(H,43,47)/t36-,37-,39?/m0/s1. The quantitative estimate of drug-likeness (QED) is 0.202. The average Bonchev–Trinajstić information content (AvgIpc) is 3.85. The number of nitrogens with zero attached hydrogens (tertiary/aromatic N) is 5. The van der Waals surface area contributed by atoms with E-state index in [9.17, 15) is 17.6 Å². The molecule has 3 atom stereocenters. The molecule has 10 nitrogen and oxygen atoms in total. The third-order valence-corrected chi connectivity index (χ3v) is 13.0. The Hall–Kier alpha value is -4.55. The fourth-order valence-corrected chi connectivity index (χ4v) is 10.2. The number of hydrogen-bond donors (Lipinski definition) is 1. The van der Waals surface area contributed by atoms with Crippen LogP contribution < -0.4 is 10.2 Å². The third-order valence-electron chi connectivity index (χ3n) is 11.3. The minimum Gasteiger partial charge on any atom is -0.453 e. The third kappa shape index (κ3) is 6.79. The number of anilines is 1. The number of aromatic nitrogens is 3. The van der Waals surface area contributed by atoms with Gasteiger partial charge in [0.15, 0.2) is 0 Å². The van der Waals surface area contributed by atoms with E-state index >= 15 is 0 Å². The molecule has 268 valence electrons. The van der Waals surface area contributed by atoms with E-state index in [1.54, 1.807) is 30.5 Å². The van der Waals surface area contributed by atoms with Crippen molar-refractivity contribution >= 4 is 27.7 Å². The van der Waals surface area contributed by atoms with Crippen molar-refractivity contribution in [2.45, 2.75) is 53.5 Å². The number of rotatable bonds is 11. The fraction of sp³-hybridized carbons (Fsp3) is 0.410. The number of nitrogens with one attached hydrogen (secondary N) is 1. The number of pyridine rings is 1. The maximum atomic E-state index is 15.0. The molecule has 1 aliphatic carbocycles. The van der Waals surface area contributed by atoms with Crippen LogP contribution in [0.25, 0.3) is 6.08 Å². The SMILES string of the molecule is C=Cc1cc(S(=O)(=O)c2ccc(N3CC(CN4CCC(C(c5cccc(F)c5)([C@H]5CCC[C@@H]5NC(=O)OC)n5ccnc5)CC4)C3)cc2)ccn1. The van der Waals surface area contributed by atoms with Crippen LogP contribution in [-0.2, 0) is 20.1 Å². The van der Waals surface area contributed by atoms with Crippen molar-refractivity contribution < 1.29 is 22.3 Å². The first kappa shape index (κ1) is 34.9. The number of amides is 1. The summed E-state index contributed by atoms with van der Waals surface area (Å²) in [5.74, 6) is 0.453. The molecular weight excluding hydrogens is 668 g/mol. The van der Waals surface area contributed by atoms with Gasteiger partial charge >= 0.3 is 6.09 Å². The number of carbonyl (C=O) groups excluding carboxylic acids is 1. The molecule has 7 rings (SSSR count). The molecule has 12 heteroatoms. The van der Waals surface area contributed by atoms with Crippen molar-refractivity contribution in [2.24, 2.45) is 17.8 Å². The van der Waals surface area contributed by atoms with Gasteiger partial charge in [-0.1, -0.05) is 25.1 Å². The van der Waals surface area contributed by atoms with Crippen molar-refractivity contribution in [1.82, 2.24) is 24.8 Å². The molecule has 1 saturated carbocycles. The molecule has 4 heterocycles. The van der Waals surface area contributed by atoms with Gasteiger partial charge in [-0.2, -0.15) is 0 Å². The Morgan fingerprint density at radius 2 is 1.82 bits per heavy atom. The zero-order chi connectivity index (χ0) is 35.6. The summed E-state index contributed by atoms with van der Waals surface area (Å²) >= 11 is 0. The van der Waals surface area contributed by atoms with E-state index < -0.39 is 21.5 Å². The molecule has 0 bridgehead atoms. The Labute approximate surface area is 299 Å². The van der Waals surface area contributed by atoms with Crippen LogP contribution in [0.1, 0.15) is 43.4 Å². The molecule has 2 saturated heterocycles. The van der Waals surface area contributed by atoms with E-state index in [1.807, 2.05) is 30.7 Å². The molecule has 0 spiro atoms. The smallest absolute Gasteiger partial charge is 0.407 e. The molecule has 3 fully saturated rings. The molecule has 4 aromatic rings. The van der Waals surface area contributed by atoms with E-state index in [1.165, 1.54) is 37.6 Å². The van der Waals surface area contributed by atoms with Crippen LogP contribution >= 0.6 is 0 Å². The van der Waals surface area contributed by atoms with Gasteiger partial charge in [0.25, 0.3) is 0 Å². The topological polar surface area (TPSA) is 110 Å². The number of halogens is 1. The number of piperidine rings is 1. The second kappa shape index (κ2) is 14.6. The molecule has 51 heavy (non-hydrogen) atoms. The summed E-state index contributed by atoms with van der Waals surface area (Å²) in [7, 11) is -2.27. The van der Waals surface area contributed by atoms with Crippen molar-refractivity contribution in [2.75, 3.05) is 44.7 Å². The number of alkyl carbamates (subject to hydrolysis) is 1. The highest BCUT2D eigenvalue weighted by Gasteiger charge is 2.53. The predicted octanol–water partition coefficient (Wildman–Crippen LogP) is 6.01. The number of ether oxygens (including phenoxy) is 1. The van der Waals surface area contributed by atoms with E-state index in [4.69, 9.17) is 4.74 Å². The number of methoxy groups -OCH3 is 1. The van der Waals surface area contributed by atoms with Crippen LogP contribution in [0.4, 0.5) is 14.9 Å². The monoisotopic (exact) mass is 712 g/mol. The van der Waals surface area contributed by atoms with Gasteiger partial charge in [0, 0.05) is 61.8 Å². The largest absolute Gasteiger partial charge is 0.453 e. The molecular formula is C39H45FN6O4S. The van der Waals surface area contributed by atoms with Gasteiger partial charge in [-0.25, -0.2) is 22.6 Å². The van der Waals surface area contributed by atoms with Gasteiger partial charge in [-0.05, 0) is 105 Å². The Morgan fingerprint density at radius 1 is 1.04 bits per heavy atom. The zero-order valence-corrected chi connectivity index (χ0v) is 29.7. The zero-order valence-electron chi connectivity index (χ0n) is 28.9. The molecule has 2 aromatic carbocycles. The second-order valence-electron chi connectivity index (χ2n) is 14.0. The lowest BCUT2D eigenvalue weighted by Gasteiger charge is -2.52. The minimum atomic E-state index is -3.66. The Balaban J connectivity index is 1.02. The first-order valence-electron chi connectivity index (χ1n) is 17.7. The number of imidazole rings is 1. The lowest BCUT2D eigenvalue weighted by Crippen LogP contribution is -2.57. The van der Waals surface area contributed by atoms with E-state index in [0.29, 0.717) is 11.6 Å². The van der Waals surface area contributed by atoms with Crippen molar-refractivity contribution in [3.8, 4) is 0 Å². The van der Waals surface area contributed by atoms with Crippen LogP contribution in [0, 0.1) is 23.6 Å². The van der Waals surface area contributed by atoms with Crippen LogP contribution in [-0.4, -0.2) is 79.8 Å². The van der Waals surface area contributed by atoms with Crippen LogP contribution in [0.2, 0.25) is 0 Å². The van der Waals surface area contributed by atoms with Gasteiger partial charge in [0.05, 0.1) is 34.5 Å². The minimum absolute atomic E-state index is 0.0278. The molecule has 2 aliphatic heterocycles. The molecule has 1 N–H and O–H groups in total. The molecule has 0 radical (unpaired) electrons. The van der Waals surface area contributed by atoms with Gasteiger partial charge in [-0.15, -0.1) is 0 Å². The summed E-state index contributed by atoms with van der Waals surface area (Å²) in [6.45, 7) is 8.32. The average molecular weight is 713 g/mol. The first-order valence-corrected chi connectivity index (χ1v) is 19.2. The maximum Gasteiger partial charge on any atom is 0.407 e. The molecule has 1 amide bonds. The Morgan fingerprint density at radius 3 is 2.51 bits per heavy atom. The molecule has 3 aliphatic rings. The summed E-state index contributed by atoms with van der Waals surface area (Å²) in [6, 6.07) is 17.0. The summed E-state index contributed by atoms with van der Waals surface area (Å²) in [4.78, 5) is 26.3. The highest BCUT2D eigenvalue weighted by Crippen LogP contribution is 2.51. The maximum absolute atomic E-state index is 15.0. The van der Waals surface area contributed by atoms with Crippen molar-refractivity contribution in [3.05, 3.63) is 109 Å². The second-order valence-corrected chi connectivity index (χ2v) is 16.0. The van der Waals surface area contributed by atoms with Crippen LogP contribution in [0.5, 0.6) is 0 Å². The molecule has 2 aromatic heterocycles. The highest BCUT2D eigenvalue weighted by atomic mass is 32.2.